The van der Waals surface area contributed by atoms with Gasteiger partial charge in [0.1, 0.15) is 17.6 Å². The molecule has 1 saturated heterocycles. The van der Waals surface area contributed by atoms with E-state index in [1.807, 2.05) is 25.9 Å². The summed E-state index contributed by atoms with van der Waals surface area (Å²) in [6.07, 6.45) is -1.76. The Hall–Kier alpha value is -2.18. The summed E-state index contributed by atoms with van der Waals surface area (Å²) in [7, 11) is 5.22. The second kappa shape index (κ2) is 14.7. The van der Waals surface area contributed by atoms with Crippen molar-refractivity contribution in [3.8, 4) is 0 Å². The van der Waals surface area contributed by atoms with Crippen LogP contribution < -0.4 is 0 Å². The lowest BCUT2D eigenvalue weighted by Gasteiger charge is -2.47. The van der Waals surface area contributed by atoms with Crippen LogP contribution in [0.5, 0.6) is 0 Å². The summed E-state index contributed by atoms with van der Waals surface area (Å²) >= 11 is 0. The van der Waals surface area contributed by atoms with E-state index in [1.165, 1.54) is 34.0 Å². The minimum absolute atomic E-state index is 0.144. The van der Waals surface area contributed by atoms with Crippen molar-refractivity contribution in [2.45, 2.75) is 130 Å². The van der Waals surface area contributed by atoms with Gasteiger partial charge in [0, 0.05) is 25.9 Å². The second-order valence-electron chi connectivity index (χ2n) is 13.0. The molecule has 2 aliphatic heterocycles. The number of ether oxygens (including phenoxy) is 5. The number of Topliss-reactive ketones (excluding diaryl/α,β-unsaturated/α-hetero) is 2. The molecule has 1 N–H and O–H groups in total. The molecule has 11 atom stereocenters. The number of likely N-dealkylation sites (N-methyl/N-ethyl adjacent to an activating group) is 1. The molecule has 0 saturated carbocycles. The summed E-state index contributed by atoms with van der Waals surface area (Å²) < 4.78 is 30.2. The summed E-state index contributed by atoms with van der Waals surface area (Å²) in [4.78, 5) is 54.8. The molecule has 2 rings (SSSR count). The van der Waals surface area contributed by atoms with Gasteiger partial charge in [-0.1, -0.05) is 20.8 Å². The van der Waals surface area contributed by atoms with Gasteiger partial charge in [0.15, 0.2) is 24.0 Å². The van der Waals surface area contributed by atoms with E-state index in [1.54, 1.807) is 34.6 Å². The first kappa shape index (κ1) is 37.0. The molecule has 0 bridgehead atoms. The maximum Gasteiger partial charge on any atom is 0.316 e. The summed E-state index contributed by atoms with van der Waals surface area (Å²) in [5.74, 6) is -4.73. The van der Waals surface area contributed by atoms with Crippen LogP contribution in [0.25, 0.3) is 0 Å². The Bertz CT molecular complexity index is 1050. The Morgan fingerprint density at radius 1 is 1.14 bits per heavy atom. The number of esters is 2. The van der Waals surface area contributed by atoms with Gasteiger partial charge in [-0.15, -0.1) is 0 Å². The Balaban J connectivity index is 2.68. The number of nitrogens with zero attached hydrogens (tertiary/aromatic N) is 1. The first-order chi connectivity index (χ1) is 19.8. The molecule has 0 amide bonds. The van der Waals surface area contributed by atoms with Crippen LogP contribution in [0.2, 0.25) is 0 Å². The van der Waals surface area contributed by atoms with E-state index in [4.69, 9.17) is 23.7 Å². The number of hydrogen-bond donors (Lipinski definition) is 1. The molecule has 0 radical (unpaired) electrons. The zero-order valence-corrected chi connectivity index (χ0v) is 28.0. The lowest BCUT2D eigenvalue weighted by molar-refractivity contribution is -0.297. The van der Waals surface area contributed by atoms with Gasteiger partial charge in [0.2, 0.25) is 0 Å². The lowest BCUT2D eigenvalue weighted by Crippen LogP contribution is -2.60. The van der Waals surface area contributed by atoms with Crippen LogP contribution >= 0.6 is 0 Å². The fourth-order valence-electron chi connectivity index (χ4n) is 6.42. The zero-order valence-electron chi connectivity index (χ0n) is 28.0. The molecule has 11 nitrogen and oxygen atoms in total. The lowest BCUT2D eigenvalue weighted by atomic mass is 9.77. The summed E-state index contributed by atoms with van der Waals surface area (Å²) in [6, 6.07) is -0.239. The number of allylic oxidation sites excluding steroid dienone is 1. The van der Waals surface area contributed by atoms with Crippen LogP contribution in [0.15, 0.2) is 11.6 Å². The van der Waals surface area contributed by atoms with E-state index >= 15 is 0 Å². The topological polar surface area (TPSA) is 138 Å². The van der Waals surface area contributed by atoms with Gasteiger partial charge in [-0.25, -0.2) is 0 Å². The molecule has 246 valence electrons. The number of rotatable bonds is 6. The normalized spacial score (nSPS) is 41.7. The highest BCUT2D eigenvalue weighted by atomic mass is 16.7. The average Bonchev–Trinajstić information content (AvgIpc) is 2.92. The molecule has 11 heteroatoms. The third kappa shape index (κ3) is 8.72. The summed E-state index contributed by atoms with van der Waals surface area (Å²) in [6.45, 7) is 14.6. The molecule has 1 fully saturated rings. The van der Waals surface area contributed by atoms with Crippen molar-refractivity contribution in [1.82, 2.24) is 4.90 Å². The van der Waals surface area contributed by atoms with E-state index in [9.17, 15) is 24.3 Å². The first-order valence-corrected chi connectivity index (χ1v) is 15.2. The highest BCUT2D eigenvalue weighted by molar-refractivity contribution is 6.00. The van der Waals surface area contributed by atoms with Crippen molar-refractivity contribution in [2.75, 3.05) is 21.2 Å². The fourth-order valence-corrected chi connectivity index (χ4v) is 6.42. The largest absolute Gasteiger partial charge is 0.458 e. The highest BCUT2D eigenvalue weighted by Gasteiger charge is 2.50. The molecule has 0 spiro atoms. The van der Waals surface area contributed by atoms with Crippen molar-refractivity contribution in [2.24, 2.45) is 17.8 Å². The molecule has 0 aliphatic carbocycles. The van der Waals surface area contributed by atoms with Crippen molar-refractivity contribution in [3.05, 3.63) is 11.6 Å². The third-order valence-electron chi connectivity index (χ3n) is 8.92. The molecular formula is C32H53NO10. The number of carbonyl (C=O) groups excluding carboxylic acids is 4. The molecular weight excluding hydrogens is 558 g/mol. The predicted molar refractivity (Wildman–Crippen MR) is 159 cm³/mol. The van der Waals surface area contributed by atoms with E-state index < -0.39 is 71.3 Å². The van der Waals surface area contributed by atoms with Gasteiger partial charge in [-0.05, 0) is 79.6 Å². The van der Waals surface area contributed by atoms with E-state index in [2.05, 4.69) is 0 Å². The van der Waals surface area contributed by atoms with Gasteiger partial charge < -0.3 is 33.7 Å². The first-order valence-electron chi connectivity index (χ1n) is 15.2. The molecule has 0 aromatic heterocycles. The van der Waals surface area contributed by atoms with Gasteiger partial charge in [0.25, 0.3) is 0 Å². The van der Waals surface area contributed by atoms with E-state index in [0.29, 0.717) is 12.0 Å². The second-order valence-corrected chi connectivity index (χ2v) is 13.0. The highest BCUT2D eigenvalue weighted by Crippen LogP contribution is 2.38. The molecule has 43 heavy (non-hydrogen) atoms. The predicted octanol–water partition coefficient (Wildman–Crippen LogP) is 3.24. The van der Waals surface area contributed by atoms with Crippen molar-refractivity contribution < 1.29 is 48.0 Å². The van der Waals surface area contributed by atoms with Gasteiger partial charge in [-0.2, -0.15) is 0 Å². The van der Waals surface area contributed by atoms with Crippen LogP contribution in [-0.4, -0.2) is 103 Å². The SMILES string of the molecule is CC[C@H]1OC(=O)[C@H](C)C(=O)[C@H](C)[C@@H](O[C@@H]2O[C@H](C)C[C@@H](N(C)C)[C@H]2OC(C)=O)[C@](C)(OC)C[C@@H](C)C(=O)/C(C)=C/[C@]1(C)O. The molecule has 2 aliphatic rings. The number of carbonyl (C=O) groups is 4. The van der Waals surface area contributed by atoms with E-state index in [-0.39, 0.29) is 30.8 Å². The maximum absolute atomic E-state index is 13.9. The molecule has 2 heterocycles. The summed E-state index contributed by atoms with van der Waals surface area (Å²) in [5.41, 5.74) is -2.56. The quantitative estimate of drug-likeness (QED) is 0.350. The van der Waals surface area contributed by atoms with Crippen molar-refractivity contribution in [1.29, 1.82) is 0 Å². The number of methoxy groups -OCH3 is 1. The van der Waals surface area contributed by atoms with Crippen LogP contribution in [0.1, 0.15) is 81.6 Å². The van der Waals surface area contributed by atoms with Crippen LogP contribution in [0, 0.1) is 17.8 Å². The monoisotopic (exact) mass is 611 g/mol. The third-order valence-corrected chi connectivity index (χ3v) is 8.92. The van der Waals surface area contributed by atoms with Gasteiger partial charge in [-0.3, -0.25) is 19.2 Å². The molecule has 0 unspecified atom stereocenters. The minimum Gasteiger partial charge on any atom is -0.458 e. The fraction of sp³-hybridized carbons (Fsp3) is 0.812. The van der Waals surface area contributed by atoms with Crippen LogP contribution in [0.4, 0.5) is 0 Å². The number of aliphatic hydroxyl groups is 1. The van der Waals surface area contributed by atoms with Crippen molar-refractivity contribution >= 4 is 23.5 Å². The van der Waals surface area contributed by atoms with E-state index in [0.717, 1.165) is 0 Å². The average molecular weight is 612 g/mol. The number of ketones is 2. The summed E-state index contributed by atoms with van der Waals surface area (Å²) in [5, 5.41) is 11.2. The Labute approximate surface area is 256 Å². The Kier molecular flexibility index (Phi) is 12.7. The zero-order chi connectivity index (χ0) is 33.0. The van der Waals surface area contributed by atoms with Crippen molar-refractivity contribution in [3.63, 3.8) is 0 Å². The van der Waals surface area contributed by atoms with Crippen LogP contribution in [-0.2, 0) is 42.9 Å². The van der Waals surface area contributed by atoms with Crippen LogP contribution in [0.3, 0.4) is 0 Å². The number of cyclic esters (lactones) is 1. The number of hydrogen-bond acceptors (Lipinski definition) is 11. The Morgan fingerprint density at radius 2 is 1.74 bits per heavy atom. The standard InChI is InChI=1S/C32H53NO10/c1-13-24-31(8,38)15-17(2)25(35)18(3)16-32(9,39-12)28(20(5)26(36)21(6)29(37)42-24)43-30-27(41-22(7)34)23(33(10)11)14-19(4)40-30/h15,18-21,23-24,27-28,30,38H,13-14,16H2,1-12H3/b17-15+/t18-,19-,20+,21-,23-,24-,27-,28-,30+,31+,32-/m1/s1. The Morgan fingerprint density at radius 3 is 2.26 bits per heavy atom. The van der Waals surface area contributed by atoms with Gasteiger partial charge in [0.05, 0.1) is 23.9 Å². The smallest absolute Gasteiger partial charge is 0.316 e. The maximum atomic E-state index is 13.9. The van der Waals surface area contributed by atoms with Gasteiger partial charge >= 0.3 is 11.9 Å². The molecule has 0 aromatic rings. The minimum atomic E-state index is -1.64. The molecule has 0 aromatic carbocycles.